The molecule has 0 bridgehead atoms. The van der Waals surface area contributed by atoms with Crippen LogP contribution in [0.25, 0.3) is 0 Å². The number of nitrogens with zero attached hydrogens (tertiary/aromatic N) is 1. The average molecular weight is 384 g/mol. The van der Waals surface area contributed by atoms with Gasteiger partial charge in [-0.25, -0.2) is 0 Å². The summed E-state index contributed by atoms with van der Waals surface area (Å²) in [4.78, 5) is 23.4. The molecule has 0 heterocycles. The van der Waals surface area contributed by atoms with Gasteiger partial charge in [-0.15, -0.1) is 11.8 Å². The molecule has 0 aliphatic carbocycles. The third-order valence-electron chi connectivity index (χ3n) is 3.63. The van der Waals surface area contributed by atoms with Crippen LogP contribution >= 0.6 is 11.8 Å². The largest absolute Gasteiger partial charge is 0.416 e. The molecule has 26 heavy (non-hydrogen) atoms. The standard InChI is InChI=1S/C17H15F3N2O3S/c1-26-13-6-7-15(22(24)25)14(10-13)16(23)21-9-8-11-2-4-12(5-3-11)17(18,19)20/h2-7,10H,8-9H2,1H3,(H,21,23). The zero-order valence-corrected chi connectivity index (χ0v) is 14.5. The summed E-state index contributed by atoms with van der Waals surface area (Å²) in [5.41, 5.74) is -0.468. The number of benzene rings is 2. The topological polar surface area (TPSA) is 72.2 Å². The van der Waals surface area contributed by atoms with Crippen molar-refractivity contribution in [3.8, 4) is 0 Å². The second-order valence-electron chi connectivity index (χ2n) is 5.34. The molecule has 2 rings (SSSR count). The molecule has 2 aromatic carbocycles. The molecule has 0 saturated heterocycles. The molecule has 138 valence electrons. The van der Waals surface area contributed by atoms with Crippen LogP contribution in [0, 0.1) is 10.1 Å². The summed E-state index contributed by atoms with van der Waals surface area (Å²) >= 11 is 1.35. The highest BCUT2D eigenvalue weighted by Crippen LogP contribution is 2.29. The first-order chi connectivity index (χ1) is 12.2. The van der Waals surface area contributed by atoms with Crippen LogP contribution in [0.15, 0.2) is 47.4 Å². The van der Waals surface area contributed by atoms with Gasteiger partial charge < -0.3 is 5.32 Å². The van der Waals surface area contributed by atoms with Crippen molar-refractivity contribution < 1.29 is 22.9 Å². The summed E-state index contributed by atoms with van der Waals surface area (Å²) in [5, 5.41) is 13.6. The van der Waals surface area contributed by atoms with Gasteiger partial charge in [-0.05, 0) is 42.5 Å². The Labute approximate surface area is 151 Å². The van der Waals surface area contributed by atoms with Gasteiger partial charge in [0, 0.05) is 17.5 Å². The van der Waals surface area contributed by atoms with Crippen molar-refractivity contribution in [2.24, 2.45) is 0 Å². The summed E-state index contributed by atoms with van der Waals surface area (Å²) in [6.07, 6.45) is -2.30. The number of hydrogen-bond acceptors (Lipinski definition) is 4. The van der Waals surface area contributed by atoms with Crippen LogP contribution in [0.5, 0.6) is 0 Å². The molecule has 0 aromatic heterocycles. The van der Waals surface area contributed by atoms with Crippen molar-refractivity contribution in [2.75, 3.05) is 12.8 Å². The van der Waals surface area contributed by atoms with Crippen LogP contribution in [-0.2, 0) is 12.6 Å². The fourth-order valence-corrected chi connectivity index (χ4v) is 2.70. The number of hydrogen-bond donors (Lipinski definition) is 1. The Bertz CT molecular complexity index is 808. The smallest absolute Gasteiger partial charge is 0.351 e. The van der Waals surface area contributed by atoms with Crippen molar-refractivity contribution in [1.29, 1.82) is 0 Å². The van der Waals surface area contributed by atoms with Crippen molar-refractivity contribution in [3.63, 3.8) is 0 Å². The van der Waals surface area contributed by atoms with Gasteiger partial charge in [0.1, 0.15) is 5.56 Å². The number of nitro groups is 1. The zero-order valence-electron chi connectivity index (χ0n) is 13.7. The summed E-state index contributed by atoms with van der Waals surface area (Å²) in [6.45, 7) is 0.144. The molecular weight excluding hydrogens is 369 g/mol. The van der Waals surface area contributed by atoms with Crippen LogP contribution in [0.1, 0.15) is 21.5 Å². The second-order valence-corrected chi connectivity index (χ2v) is 6.22. The summed E-state index contributed by atoms with van der Waals surface area (Å²) in [6, 6.07) is 8.90. The number of thioether (sulfide) groups is 1. The quantitative estimate of drug-likeness (QED) is 0.458. The van der Waals surface area contributed by atoms with Crippen molar-refractivity contribution >= 4 is 23.4 Å². The molecule has 0 radical (unpaired) electrons. The van der Waals surface area contributed by atoms with Gasteiger partial charge in [0.2, 0.25) is 0 Å². The van der Waals surface area contributed by atoms with Crippen LogP contribution in [0.4, 0.5) is 18.9 Å². The van der Waals surface area contributed by atoms with E-state index in [1.165, 1.54) is 36.0 Å². The fourth-order valence-electron chi connectivity index (χ4n) is 2.26. The molecule has 1 amide bonds. The van der Waals surface area contributed by atoms with E-state index >= 15 is 0 Å². The lowest BCUT2D eigenvalue weighted by atomic mass is 10.1. The van der Waals surface area contributed by atoms with E-state index < -0.39 is 22.6 Å². The SMILES string of the molecule is CSc1ccc([N+](=O)[O-])c(C(=O)NCCc2ccc(C(F)(F)F)cc2)c1. The fraction of sp³-hybridized carbons (Fsp3) is 0.235. The third-order valence-corrected chi connectivity index (χ3v) is 4.35. The predicted octanol–water partition coefficient (Wildman–Crippen LogP) is 4.31. The summed E-state index contributed by atoms with van der Waals surface area (Å²) in [7, 11) is 0. The number of amides is 1. The minimum atomic E-state index is -4.39. The third kappa shape index (κ3) is 4.98. The lowest BCUT2D eigenvalue weighted by molar-refractivity contribution is -0.385. The molecular formula is C17H15F3N2O3S. The Kier molecular flexibility index (Phi) is 6.25. The molecule has 0 unspecified atom stereocenters. The Balaban J connectivity index is 2.02. The second kappa shape index (κ2) is 8.22. The molecule has 0 fully saturated rings. The number of halogens is 3. The maximum Gasteiger partial charge on any atom is 0.416 e. The number of carbonyl (C=O) groups excluding carboxylic acids is 1. The Morgan fingerprint density at radius 2 is 1.85 bits per heavy atom. The van der Waals surface area contributed by atoms with Crippen LogP contribution in [0.2, 0.25) is 0 Å². The lowest BCUT2D eigenvalue weighted by Gasteiger charge is -2.09. The van der Waals surface area contributed by atoms with E-state index in [1.54, 1.807) is 12.3 Å². The van der Waals surface area contributed by atoms with E-state index in [-0.39, 0.29) is 17.8 Å². The predicted molar refractivity (Wildman–Crippen MR) is 92.4 cm³/mol. The van der Waals surface area contributed by atoms with Crippen LogP contribution in [0.3, 0.4) is 0 Å². The zero-order chi connectivity index (χ0) is 19.3. The molecule has 9 heteroatoms. The maximum atomic E-state index is 12.5. The number of rotatable bonds is 6. The van der Waals surface area contributed by atoms with Crippen molar-refractivity contribution in [1.82, 2.24) is 5.32 Å². The van der Waals surface area contributed by atoms with Gasteiger partial charge in [0.15, 0.2) is 0 Å². The van der Waals surface area contributed by atoms with E-state index in [9.17, 15) is 28.1 Å². The molecule has 1 N–H and O–H groups in total. The van der Waals surface area contributed by atoms with Gasteiger partial charge in [0.25, 0.3) is 11.6 Å². The van der Waals surface area contributed by atoms with E-state index in [1.807, 2.05) is 0 Å². The molecule has 0 aliphatic heterocycles. The lowest BCUT2D eigenvalue weighted by Crippen LogP contribution is -2.26. The first-order valence-electron chi connectivity index (χ1n) is 7.49. The highest BCUT2D eigenvalue weighted by molar-refractivity contribution is 7.98. The molecule has 0 saturated carbocycles. The van der Waals surface area contributed by atoms with Gasteiger partial charge in [-0.3, -0.25) is 14.9 Å². The number of alkyl halides is 3. The van der Waals surface area contributed by atoms with Gasteiger partial charge in [0.05, 0.1) is 10.5 Å². The minimum absolute atomic E-state index is 0.0470. The normalized spacial score (nSPS) is 11.2. The monoisotopic (exact) mass is 384 g/mol. The molecule has 5 nitrogen and oxygen atoms in total. The molecule has 2 aromatic rings. The van der Waals surface area contributed by atoms with Crippen LogP contribution in [-0.4, -0.2) is 23.6 Å². The van der Waals surface area contributed by atoms with Gasteiger partial charge in [-0.1, -0.05) is 12.1 Å². The van der Waals surface area contributed by atoms with Crippen LogP contribution < -0.4 is 5.32 Å². The molecule has 0 aliphatic rings. The van der Waals surface area contributed by atoms with E-state index in [2.05, 4.69) is 5.32 Å². The van der Waals surface area contributed by atoms with Crippen molar-refractivity contribution in [2.45, 2.75) is 17.5 Å². The van der Waals surface area contributed by atoms with Gasteiger partial charge in [-0.2, -0.15) is 13.2 Å². The first kappa shape index (κ1) is 19.8. The first-order valence-corrected chi connectivity index (χ1v) is 8.71. The Morgan fingerprint density at radius 3 is 2.38 bits per heavy atom. The highest BCUT2D eigenvalue weighted by Gasteiger charge is 2.29. The molecule has 0 spiro atoms. The van der Waals surface area contributed by atoms with E-state index in [0.717, 1.165) is 12.1 Å². The van der Waals surface area contributed by atoms with E-state index in [4.69, 9.17) is 0 Å². The Morgan fingerprint density at radius 1 is 1.19 bits per heavy atom. The van der Waals surface area contributed by atoms with Gasteiger partial charge >= 0.3 is 6.18 Å². The van der Waals surface area contributed by atoms with Crippen molar-refractivity contribution in [3.05, 3.63) is 69.3 Å². The number of carbonyl (C=O) groups is 1. The summed E-state index contributed by atoms with van der Waals surface area (Å²) < 4.78 is 37.5. The summed E-state index contributed by atoms with van der Waals surface area (Å²) in [5.74, 6) is -0.598. The Hall–Kier alpha value is -2.55. The average Bonchev–Trinajstić information content (AvgIpc) is 2.60. The number of nitrogens with one attached hydrogen (secondary N) is 1. The number of nitro benzene ring substituents is 1. The molecule has 0 atom stereocenters. The minimum Gasteiger partial charge on any atom is -0.351 e. The van der Waals surface area contributed by atoms with E-state index in [0.29, 0.717) is 16.9 Å². The maximum absolute atomic E-state index is 12.5. The highest BCUT2D eigenvalue weighted by atomic mass is 32.2.